The number of carboxylic acids is 1. The van der Waals surface area contributed by atoms with Gasteiger partial charge in [0.25, 0.3) is 0 Å². The van der Waals surface area contributed by atoms with Gasteiger partial charge in [-0.05, 0) is 12.3 Å². The number of hydrogen-bond donors (Lipinski definition) is 5. The van der Waals surface area contributed by atoms with Crippen LogP contribution in [0.5, 0.6) is 0 Å². The minimum absolute atomic E-state index is 0.0289. The number of nitrogen functional groups attached to an aromatic ring is 1. The first-order valence-corrected chi connectivity index (χ1v) is 12.5. The van der Waals surface area contributed by atoms with Gasteiger partial charge < -0.3 is 30.5 Å². The second-order valence-corrected chi connectivity index (χ2v) is 10.3. The SMILES string of the molecule is COC(=O)COP(=O)(N[C@@H](CC(C)C)C(=O)O)OC[C@H]1O[C@@H](n2cnc3c(N)nc(F)nc32)[C@@H](O)[C@@H]1O. The van der Waals surface area contributed by atoms with E-state index in [9.17, 15) is 33.9 Å². The number of rotatable bonds is 12. The quantitative estimate of drug-likeness (QED) is 0.128. The maximum atomic E-state index is 13.7. The van der Waals surface area contributed by atoms with Crippen molar-refractivity contribution in [2.24, 2.45) is 5.92 Å². The second-order valence-electron chi connectivity index (χ2n) is 8.54. The van der Waals surface area contributed by atoms with Crippen LogP contribution in [-0.2, 0) is 32.7 Å². The Hall–Kier alpha value is -2.79. The molecule has 1 aliphatic heterocycles. The average molecular weight is 550 g/mol. The molecule has 0 aliphatic carbocycles. The third-order valence-electron chi connectivity index (χ3n) is 5.34. The predicted octanol–water partition coefficient (Wildman–Crippen LogP) is -0.430. The molecule has 1 fully saturated rings. The average Bonchev–Trinajstić information content (AvgIpc) is 3.36. The fourth-order valence-corrected chi connectivity index (χ4v) is 4.98. The van der Waals surface area contributed by atoms with Gasteiger partial charge in [0.05, 0.1) is 20.0 Å². The van der Waals surface area contributed by atoms with Gasteiger partial charge in [-0.2, -0.15) is 14.4 Å². The number of carboxylic acid groups (broad SMARTS) is 1. The summed E-state index contributed by atoms with van der Waals surface area (Å²) in [5, 5.41) is 32.8. The number of ether oxygens (including phenoxy) is 2. The number of fused-ring (bicyclic) bond motifs is 1. The molecule has 18 heteroatoms. The molecule has 3 rings (SSSR count). The van der Waals surface area contributed by atoms with Gasteiger partial charge in [-0.3, -0.25) is 18.4 Å². The van der Waals surface area contributed by atoms with Crippen molar-refractivity contribution in [2.75, 3.05) is 26.1 Å². The van der Waals surface area contributed by atoms with E-state index in [-0.39, 0.29) is 29.3 Å². The zero-order chi connectivity index (χ0) is 27.5. The van der Waals surface area contributed by atoms with Crippen LogP contribution in [0.4, 0.5) is 10.2 Å². The molecule has 0 amide bonds. The zero-order valence-electron chi connectivity index (χ0n) is 20.1. The summed E-state index contributed by atoms with van der Waals surface area (Å²) in [4.78, 5) is 34.1. The lowest BCUT2D eigenvalue weighted by Gasteiger charge is -2.25. The smallest absolute Gasteiger partial charge is 0.406 e. The van der Waals surface area contributed by atoms with E-state index in [0.29, 0.717) is 0 Å². The Balaban J connectivity index is 1.78. The number of nitrogens with two attached hydrogens (primary N) is 1. The largest absolute Gasteiger partial charge is 0.480 e. The fraction of sp³-hybridized carbons (Fsp3) is 0.632. The second kappa shape index (κ2) is 11.7. The van der Waals surface area contributed by atoms with Crippen LogP contribution < -0.4 is 10.8 Å². The van der Waals surface area contributed by atoms with Gasteiger partial charge in [-0.1, -0.05) is 13.8 Å². The van der Waals surface area contributed by atoms with Crippen molar-refractivity contribution < 1.29 is 52.4 Å². The first-order chi connectivity index (χ1) is 17.3. The maximum Gasteiger partial charge on any atom is 0.406 e. The van der Waals surface area contributed by atoms with Crippen LogP contribution in [0.15, 0.2) is 6.33 Å². The van der Waals surface area contributed by atoms with Crippen molar-refractivity contribution in [3.05, 3.63) is 12.4 Å². The Labute approximate surface area is 209 Å². The number of aliphatic hydroxyl groups excluding tert-OH is 2. The van der Waals surface area contributed by atoms with Gasteiger partial charge >= 0.3 is 25.8 Å². The van der Waals surface area contributed by atoms with E-state index in [4.69, 9.17) is 19.5 Å². The molecule has 0 aromatic carbocycles. The molecule has 0 bridgehead atoms. The number of esters is 1. The van der Waals surface area contributed by atoms with E-state index in [1.165, 1.54) is 0 Å². The molecule has 37 heavy (non-hydrogen) atoms. The Morgan fingerprint density at radius 2 is 2.00 bits per heavy atom. The van der Waals surface area contributed by atoms with Crippen LogP contribution in [0.2, 0.25) is 0 Å². The van der Waals surface area contributed by atoms with Crippen LogP contribution in [0.1, 0.15) is 26.5 Å². The van der Waals surface area contributed by atoms with E-state index in [1.54, 1.807) is 13.8 Å². The highest BCUT2D eigenvalue weighted by molar-refractivity contribution is 7.51. The van der Waals surface area contributed by atoms with Crippen molar-refractivity contribution in [3.8, 4) is 0 Å². The van der Waals surface area contributed by atoms with E-state index in [0.717, 1.165) is 18.0 Å². The van der Waals surface area contributed by atoms with Crippen LogP contribution in [0.25, 0.3) is 11.2 Å². The number of aliphatic carboxylic acids is 1. The van der Waals surface area contributed by atoms with Gasteiger partial charge in [-0.15, -0.1) is 0 Å². The lowest BCUT2D eigenvalue weighted by molar-refractivity contribution is -0.143. The van der Waals surface area contributed by atoms with Crippen LogP contribution in [0, 0.1) is 12.0 Å². The molecule has 3 heterocycles. The van der Waals surface area contributed by atoms with E-state index < -0.39 is 69.6 Å². The summed E-state index contributed by atoms with van der Waals surface area (Å²) in [6, 6.07) is -1.37. The lowest BCUT2D eigenvalue weighted by Crippen LogP contribution is -2.38. The number of hydrogen-bond acceptors (Lipinski definition) is 13. The molecule has 2 aromatic heterocycles. The van der Waals surface area contributed by atoms with Crippen LogP contribution in [0.3, 0.4) is 0 Å². The molecule has 1 unspecified atom stereocenters. The number of carbonyl (C=O) groups excluding carboxylic acids is 1. The predicted molar refractivity (Wildman–Crippen MR) is 121 cm³/mol. The molecular weight excluding hydrogens is 522 g/mol. The van der Waals surface area contributed by atoms with Gasteiger partial charge in [0.15, 0.2) is 29.8 Å². The third-order valence-corrected chi connectivity index (χ3v) is 6.93. The van der Waals surface area contributed by atoms with Crippen LogP contribution >= 0.6 is 7.75 Å². The summed E-state index contributed by atoms with van der Waals surface area (Å²) >= 11 is 0. The standard InChI is InChI=1S/C19H28FN6O10P/c1-8(2)4-9(18(30)31)25-37(32,35-6-11(27)33-3)34-5-10-13(28)14(29)17(36-10)26-7-22-12-15(21)23-19(20)24-16(12)26/h7-10,13-14,17,28-29H,4-6H2,1-3H3,(H,25,32)(H,30,31)(H2,21,23,24)/t9-,10+,13+,14-,17+,37?/m0/s1. The highest BCUT2D eigenvalue weighted by Gasteiger charge is 2.46. The lowest BCUT2D eigenvalue weighted by atomic mass is 10.1. The Morgan fingerprint density at radius 1 is 1.30 bits per heavy atom. The summed E-state index contributed by atoms with van der Waals surface area (Å²) in [7, 11) is -3.43. The number of aromatic nitrogens is 4. The number of imidazole rings is 1. The number of anilines is 1. The molecule has 0 spiro atoms. The summed E-state index contributed by atoms with van der Waals surface area (Å²) in [5.41, 5.74) is 5.55. The summed E-state index contributed by atoms with van der Waals surface area (Å²) in [6.45, 7) is 1.98. The summed E-state index contributed by atoms with van der Waals surface area (Å²) in [5.74, 6) is -2.62. The Bertz CT molecular complexity index is 1180. The normalized spacial score (nSPS) is 24.3. The van der Waals surface area contributed by atoms with Crippen molar-refractivity contribution in [3.63, 3.8) is 0 Å². The van der Waals surface area contributed by atoms with E-state index >= 15 is 0 Å². The fourth-order valence-electron chi connectivity index (χ4n) is 3.54. The monoisotopic (exact) mass is 550 g/mol. The van der Waals surface area contributed by atoms with Crippen molar-refractivity contribution >= 4 is 36.7 Å². The summed E-state index contributed by atoms with van der Waals surface area (Å²) < 4.78 is 48.6. The molecule has 1 saturated heterocycles. The molecule has 2 aromatic rings. The zero-order valence-corrected chi connectivity index (χ0v) is 20.9. The Kier molecular flexibility index (Phi) is 9.12. The minimum Gasteiger partial charge on any atom is -0.480 e. The van der Waals surface area contributed by atoms with Crippen molar-refractivity contribution in [1.82, 2.24) is 24.6 Å². The molecule has 0 radical (unpaired) electrons. The number of nitrogens with one attached hydrogen (secondary N) is 1. The first-order valence-electron chi connectivity index (χ1n) is 11.0. The topological polar surface area (TPSA) is 230 Å². The molecular formula is C19H28FN6O10P. The minimum atomic E-state index is -4.49. The van der Waals surface area contributed by atoms with E-state index in [2.05, 4.69) is 24.8 Å². The number of nitrogens with zero attached hydrogens (tertiary/aromatic N) is 4. The van der Waals surface area contributed by atoms with Gasteiger partial charge in [0.2, 0.25) is 0 Å². The number of aliphatic hydroxyl groups is 2. The van der Waals surface area contributed by atoms with Gasteiger partial charge in [0, 0.05) is 0 Å². The highest BCUT2D eigenvalue weighted by atomic mass is 31.2. The van der Waals surface area contributed by atoms with Gasteiger partial charge in [-0.25, -0.2) is 19.4 Å². The number of carbonyl (C=O) groups is 2. The molecule has 1 aliphatic rings. The summed E-state index contributed by atoms with van der Waals surface area (Å²) in [6.07, 6.45) is -5.82. The number of methoxy groups -OCH3 is 1. The molecule has 16 nitrogen and oxygen atoms in total. The molecule has 6 N–H and O–H groups in total. The van der Waals surface area contributed by atoms with Crippen molar-refractivity contribution in [1.29, 1.82) is 0 Å². The third kappa shape index (κ3) is 6.75. The first kappa shape index (κ1) is 28.8. The maximum absolute atomic E-state index is 13.7. The molecule has 6 atom stereocenters. The van der Waals surface area contributed by atoms with E-state index in [1.807, 2.05) is 0 Å². The Morgan fingerprint density at radius 3 is 2.62 bits per heavy atom. The molecule has 0 saturated carbocycles. The highest BCUT2D eigenvalue weighted by Crippen LogP contribution is 2.46. The van der Waals surface area contributed by atoms with Crippen LogP contribution in [-0.4, -0.2) is 91.5 Å². The van der Waals surface area contributed by atoms with Gasteiger partial charge in [0.1, 0.15) is 24.4 Å². The van der Waals surface area contributed by atoms with Crippen molar-refractivity contribution in [2.45, 2.75) is 50.8 Å². The molecule has 206 valence electrons. The number of halogens is 1.